The van der Waals surface area contributed by atoms with Crippen LogP contribution in [0.3, 0.4) is 0 Å². The number of imidazole rings is 1. The lowest BCUT2D eigenvalue weighted by atomic mass is 9.95. The molecule has 2 aliphatic rings. The maximum atomic E-state index is 14.0. The molecular formula is C27H32N2O7S. The van der Waals surface area contributed by atoms with Crippen LogP contribution < -0.4 is 15.2 Å². The second-order valence-corrected chi connectivity index (χ2v) is 11.5. The fourth-order valence-electron chi connectivity index (χ4n) is 5.59. The van der Waals surface area contributed by atoms with Crippen LogP contribution >= 0.6 is 0 Å². The van der Waals surface area contributed by atoms with E-state index in [0.717, 1.165) is 61.8 Å². The molecule has 0 N–H and O–H groups in total. The summed E-state index contributed by atoms with van der Waals surface area (Å²) in [5.74, 6) is -0.0313. The van der Waals surface area contributed by atoms with Crippen LogP contribution in [-0.4, -0.2) is 43.3 Å². The van der Waals surface area contributed by atoms with Gasteiger partial charge in [0.2, 0.25) is 0 Å². The summed E-state index contributed by atoms with van der Waals surface area (Å²) >= 11 is 0. The minimum atomic E-state index is -4.38. The lowest BCUT2D eigenvalue weighted by molar-refractivity contribution is 0.0600. The molecule has 1 aromatic heterocycles. The molecule has 10 heteroatoms. The number of methoxy groups -OCH3 is 2. The molecule has 0 amide bonds. The molecule has 1 heterocycles. The van der Waals surface area contributed by atoms with Gasteiger partial charge in [-0.1, -0.05) is 19.3 Å². The predicted molar refractivity (Wildman–Crippen MR) is 138 cm³/mol. The third kappa shape index (κ3) is 4.63. The molecule has 0 unspecified atom stereocenters. The minimum Gasteiger partial charge on any atom is -0.495 e. The lowest BCUT2D eigenvalue weighted by Crippen LogP contribution is -2.32. The van der Waals surface area contributed by atoms with Gasteiger partial charge in [0.1, 0.15) is 16.4 Å². The molecule has 2 saturated carbocycles. The van der Waals surface area contributed by atoms with Gasteiger partial charge >= 0.3 is 11.7 Å². The molecular weight excluding hydrogens is 496 g/mol. The van der Waals surface area contributed by atoms with E-state index in [2.05, 4.69) is 0 Å². The maximum absolute atomic E-state index is 14.0. The van der Waals surface area contributed by atoms with E-state index in [4.69, 9.17) is 14.2 Å². The van der Waals surface area contributed by atoms with Crippen LogP contribution in [0.5, 0.6) is 11.5 Å². The molecule has 0 radical (unpaired) electrons. The highest BCUT2D eigenvalue weighted by molar-refractivity contribution is 7.90. The van der Waals surface area contributed by atoms with E-state index in [1.165, 1.54) is 32.4 Å². The Hall–Kier alpha value is -3.27. The Kier molecular flexibility index (Phi) is 7.02. The number of hydrogen-bond acceptors (Lipinski definition) is 7. The summed E-state index contributed by atoms with van der Waals surface area (Å²) in [5.41, 5.74) is 0.359. The molecule has 9 nitrogen and oxygen atoms in total. The van der Waals surface area contributed by atoms with Gasteiger partial charge in [-0.3, -0.25) is 4.57 Å². The van der Waals surface area contributed by atoms with Gasteiger partial charge in [-0.2, -0.15) is 3.97 Å². The summed E-state index contributed by atoms with van der Waals surface area (Å²) < 4.78 is 46.7. The van der Waals surface area contributed by atoms with Crippen LogP contribution in [-0.2, 0) is 14.8 Å². The first-order chi connectivity index (χ1) is 17.8. The second-order valence-electron chi connectivity index (χ2n) is 9.75. The average molecular weight is 529 g/mol. The first-order valence-corrected chi connectivity index (χ1v) is 14.2. The number of hydrogen-bond donors (Lipinski definition) is 0. The number of esters is 1. The SMILES string of the molecule is COC(=O)c1ccc(S(=O)(=O)n2c(=O)n(C3CCCCC3)c3cc(OC4CCCC4)ccc32)c(OC)c1. The van der Waals surface area contributed by atoms with Crippen LogP contribution in [0.4, 0.5) is 0 Å². The van der Waals surface area contributed by atoms with E-state index >= 15 is 0 Å². The summed E-state index contributed by atoms with van der Waals surface area (Å²) in [6, 6.07) is 9.01. The first-order valence-electron chi connectivity index (χ1n) is 12.8. The number of nitrogens with zero attached hydrogens (tertiary/aromatic N) is 2. The van der Waals surface area contributed by atoms with Crippen molar-refractivity contribution >= 4 is 27.0 Å². The van der Waals surface area contributed by atoms with Crippen LogP contribution in [0.1, 0.15) is 74.2 Å². The zero-order valence-electron chi connectivity index (χ0n) is 21.1. The van der Waals surface area contributed by atoms with Crippen molar-refractivity contribution in [3.8, 4) is 11.5 Å². The number of rotatable bonds is 7. The van der Waals surface area contributed by atoms with Gasteiger partial charge in [0.25, 0.3) is 10.0 Å². The van der Waals surface area contributed by atoms with Crippen molar-refractivity contribution in [3.63, 3.8) is 0 Å². The highest BCUT2D eigenvalue weighted by Crippen LogP contribution is 2.35. The third-order valence-electron chi connectivity index (χ3n) is 7.45. The normalized spacial score (nSPS) is 17.2. The third-order valence-corrected chi connectivity index (χ3v) is 9.18. The molecule has 3 aromatic rings. The standard InChI is InChI=1S/C27H32N2O7S/c1-34-24-16-18(26(30)35-2)12-15-25(24)37(32,33)29-22-14-13-21(36-20-10-6-7-11-20)17-23(22)28(27(29)31)19-8-4-3-5-9-19/h12-17,19-20H,3-11H2,1-2H3. The van der Waals surface area contributed by atoms with E-state index in [-0.39, 0.29) is 33.9 Å². The average Bonchev–Trinajstić information content (AvgIpc) is 3.53. The molecule has 0 aliphatic heterocycles. The zero-order chi connectivity index (χ0) is 26.2. The quantitative estimate of drug-likeness (QED) is 0.411. The predicted octanol–water partition coefficient (Wildman–Crippen LogP) is 4.66. The molecule has 5 rings (SSSR count). The summed E-state index contributed by atoms with van der Waals surface area (Å²) in [4.78, 5) is 25.6. The number of carbonyl (C=O) groups is 1. The highest BCUT2D eigenvalue weighted by atomic mass is 32.2. The Balaban J connectivity index is 1.67. The van der Waals surface area contributed by atoms with Crippen molar-refractivity contribution in [3.05, 3.63) is 52.4 Å². The first kappa shape index (κ1) is 25.4. The minimum absolute atomic E-state index is 0.0467. The van der Waals surface area contributed by atoms with Crippen molar-refractivity contribution < 1.29 is 27.4 Å². The topological polar surface area (TPSA) is 106 Å². The van der Waals surface area contributed by atoms with E-state index in [9.17, 15) is 18.0 Å². The summed E-state index contributed by atoms with van der Waals surface area (Å²) in [6.45, 7) is 0. The zero-order valence-corrected chi connectivity index (χ0v) is 22.0. The Labute approximate surface area is 216 Å². The number of ether oxygens (including phenoxy) is 3. The molecule has 0 atom stereocenters. The summed E-state index contributed by atoms with van der Waals surface area (Å²) in [7, 11) is -1.82. The van der Waals surface area contributed by atoms with E-state index in [1.54, 1.807) is 22.8 Å². The van der Waals surface area contributed by atoms with Gasteiger partial charge in [0.15, 0.2) is 0 Å². The smallest absolute Gasteiger partial charge is 0.343 e. The molecule has 0 saturated heterocycles. The van der Waals surface area contributed by atoms with E-state index in [1.807, 2.05) is 0 Å². The molecule has 0 spiro atoms. The number of aromatic nitrogens is 2. The van der Waals surface area contributed by atoms with Crippen LogP contribution in [0.15, 0.2) is 46.1 Å². The van der Waals surface area contributed by atoms with Crippen molar-refractivity contribution in [2.45, 2.75) is 74.8 Å². The molecule has 2 aliphatic carbocycles. The van der Waals surface area contributed by atoms with Crippen molar-refractivity contribution in [2.24, 2.45) is 0 Å². The van der Waals surface area contributed by atoms with Crippen molar-refractivity contribution in [2.75, 3.05) is 14.2 Å². The monoisotopic (exact) mass is 528 g/mol. The largest absolute Gasteiger partial charge is 0.495 e. The Bertz CT molecular complexity index is 1480. The fourth-order valence-corrected chi connectivity index (χ4v) is 7.13. The van der Waals surface area contributed by atoms with Gasteiger partial charge in [-0.05, 0) is 68.9 Å². The molecule has 37 heavy (non-hydrogen) atoms. The van der Waals surface area contributed by atoms with Crippen LogP contribution in [0.2, 0.25) is 0 Å². The van der Waals surface area contributed by atoms with E-state index < -0.39 is 21.7 Å². The maximum Gasteiger partial charge on any atom is 0.343 e. The van der Waals surface area contributed by atoms with Crippen LogP contribution in [0, 0.1) is 0 Å². The Morgan fingerprint density at radius 2 is 1.59 bits per heavy atom. The summed E-state index contributed by atoms with van der Waals surface area (Å²) in [6.07, 6.45) is 9.06. The molecule has 198 valence electrons. The number of benzene rings is 2. The number of carbonyl (C=O) groups excluding carboxylic acids is 1. The molecule has 2 aromatic carbocycles. The van der Waals surface area contributed by atoms with Gasteiger partial charge in [0.05, 0.1) is 36.9 Å². The van der Waals surface area contributed by atoms with Gasteiger partial charge in [-0.15, -0.1) is 0 Å². The van der Waals surface area contributed by atoms with E-state index in [0.29, 0.717) is 11.3 Å². The molecule has 2 fully saturated rings. The lowest BCUT2D eigenvalue weighted by Gasteiger charge is -2.23. The van der Waals surface area contributed by atoms with Crippen LogP contribution in [0.25, 0.3) is 11.0 Å². The van der Waals surface area contributed by atoms with Gasteiger partial charge in [-0.25, -0.2) is 18.0 Å². The second kappa shape index (κ2) is 10.2. The van der Waals surface area contributed by atoms with Crippen molar-refractivity contribution in [1.82, 2.24) is 8.54 Å². The molecule has 0 bridgehead atoms. The fraction of sp³-hybridized carbons (Fsp3) is 0.481. The van der Waals surface area contributed by atoms with Crippen molar-refractivity contribution in [1.29, 1.82) is 0 Å². The highest BCUT2D eigenvalue weighted by Gasteiger charge is 2.31. The Morgan fingerprint density at radius 1 is 0.892 bits per heavy atom. The Morgan fingerprint density at radius 3 is 2.27 bits per heavy atom. The number of fused-ring (bicyclic) bond motifs is 1. The van der Waals surface area contributed by atoms with Gasteiger partial charge < -0.3 is 14.2 Å². The summed E-state index contributed by atoms with van der Waals surface area (Å²) in [5, 5.41) is 0. The van der Waals surface area contributed by atoms with Gasteiger partial charge in [0, 0.05) is 12.1 Å².